The second-order valence-corrected chi connectivity index (χ2v) is 9.25. The van der Waals surface area contributed by atoms with Crippen molar-refractivity contribution in [2.24, 2.45) is 11.8 Å². The number of carboxylic acids is 1. The minimum Gasteiger partial charge on any atom is -0.481 e. The van der Waals surface area contributed by atoms with Crippen LogP contribution in [0.3, 0.4) is 0 Å². The predicted octanol–water partition coefficient (Wildman–Crippen LogP) is 4.74. The van der Waals surface area contributed by atoms with E-state index in [-0.39, 0.29) is 18.3 Å². The lowest BCUT2D eigenvalue weighted by atomic mass is 9.84. The maximum atomic E-state index is 10.8. The Hall–Kier alpha value is -1.95. The van der Waals surface area contributed by atoms with E-state index in [2.05, 4.69) is 25.1 Å². The summed E-state index contributed by atoms with van der Waals surface area (Å²) in [6.07, 6.45) is 4.49. The molecule has 3 rings (SSSR count). The third-order valence-electron chi connectivity index (χ3n) is 6.88. The normalized spacial score (nSPS) is 24.5. The number of fused-ring (bicyclic) bond motifs is 1. The molecule has 0 amide bonds. The van der Waals surface area contributed by atoms with Crippen LogP contribution in [0.15, 0.2) is 36.4 Å². The molecule has 2 aromatic rings. The fourth-order valence-electron chi connectivity index (χ4n) is 5.10. The molecule has 1 aliphatic carbocycles. The van der Waals surface area contributed by atoms with Crippen molar-refractivity contribution < 1.29 is 25.2 Å². The van der Waals surface area contributed by atoms with Crippen LogP contribution in [0.25, 0.3) is 10.8 Å². The Morgan fingerprint density at radius 3 is 2.32 bits per heavy atom. The fourth-order valence-corrected chi connectivity index (χ4v) is 5.10. The number of carboxylic acid groups (broad SMARTS) is 1. The van der Waals surface area contributed by atoms with E-state index >= 15 is 0 Å². The summed E-state index contributed by atoms with van der Waals surface area (Å²) in [4.78, 5) is 10.6. The second kappa shape index (κ2) is 11.1. The second-order valence-electron chi connectivity index (χ2n) is 9.25. The summed E-state index contributed by atoms with van der Waals surface area (Å²) in [5.41, 5.74) is 2.10. The number of hydrogen-bond donors (Lipinski definition) is 4. The molecule has 0 bridgehead atoms. The van der Waals surface area contributed by atoms with E-state index < -0.39 is 24.3 Å². The van der Waals surface area contributed by atoms with Crippen molar-refractivity contribution in [3.8, 4) is 0 Å². The van der Waals surface area contributed by atoms with E-state index in [1.807, 2.05) is 18.2 Å². The van der Waals surface area contributed by atoms with Crippen LogP contribution in [-0.4, -0.2) is 38.6 Å². The molecule has 1 aliphatic rings. The third kappa shape index (κ3) is 6.52. The summed E-state index contributed by atoms with van der Waals surface area (Å²) < 4.78 is 0. The van der Waals surface area contributed by atoms with Crippen molar-refractivity contribution in [3.63, 3.8) is 0 Å². The van der Waals surface area contributed by atoms with Gasteiger partial charge < -0.3 is 20.4 Å². The van der Waals surface area contributed by atoms with Crippen LogP contribution < -0.4 is 0 Å². The van der Waals surface area contributed by atoms with Crippen LogP contribution >= 0.6 is 0 Å². The van der Waals surface area contributed by atoms with Crippen molar-refractivity contribution in [2.75, 3.05) is 0 Å². The van der Waals surface area contributed by atoms with Gasteiger partial charge in [-0.25, -0.2) is 0 Å². The molecule has 2 aromatic carbocycles. The van der Waals surface area contributed by atoms with Gasteiger partial charge in [-0.3, -0.25) is 4.79 Å². The van der Waals surface area contributed by atoms with E-state index in [9.17, 15) is 20.1 Å². The van der Waals surface area contributed by atoms with Gasteiger partial charge in [-0.05, 0) is 73.3 Å². The summed E-state index contributed by atoms with van der Waals surface area (Å²) in [5.74, 6) is -0.720. The standard InChI is InChI=1S/C26H36O5/c1-17-8-9-19-15-20(11-10-18(19)14-17)23(27)13-12-22-21(24(28)16-25(22)29)6-4-2-3-5-7-26(30)31/h8-11,14-15,21-25,27-29H,2-7,12-13,16H2,1H3,(H,30,31)/t21-,22-,23?,24+,25-/m1/s1. The van der Waals surface area contributed by atoms with Gasteiger partial charge in [0.1, 0.15) is 0 Å². The number of hydrogen-bond acceptors (Lipinski definition) is 4. The van der Waals surface area contributed by atoms with E-state index in [1.165, 1.54) is 5.56 Å². The van der Waals surface area contributed by atoms with Gasteiger partial charge in [-0.2, -0.15) is 0 Å². The molecule has 31 heavy (non-hydrogen) atoms. The molecule has 5 heteroatoms. The van der Waals surface area contributed by atoms with Crippen molar-refractivity contribution in [2.45, 2.75) is 83.0 Å². The van der Waals surface area contributed by atoms with Crippen molar-refractivity contribution in [3.05, 3.63) is 47.5 Å². The van der Waals surface area contributed by atoms with Gasteiger partial charge in [0.25, 0.3) is 0 Å². The van der Waals surface area contributed by atoms with E-state index in [0.29, 0.717) is 25.7 Å². The topological polar surface area (TPSA) is 98.0 Å². The zero-order valence-electron chi connectivity index (χ0n) is 18.4. The molecule has 1 fully saturated rings. The molecule has 1 saturated carbocycles. The number of aryl methyl sites for hydroxylation is 1. The summed E-state index contributed by atoms with van der Waals surface area (Å²) in [6, 6.07) is 12.3. The van der Waals surface area contributed by atoms with Crippen molar-refractivity contribution in [1.29, 1.82) is 0 Å². The lowest BCUT2D eigenvalue weighted by molar-refractivity contribution is -0.137. The van der Waals surface area contributed by atoms with Gasteiger partial charge in [-0.15, -0.1) is 0 Å². The summed E-state index contributed by atoms with van der Waals surface area (Å²) in [6.45, 7) is 2.07. The van der Waals surface area contributed by atoms with Crippen LogP contribution in [-0.2, 0) is 4.79 Å². The monoisotopic (exact) mass is 428 g/mol. The smallest absolute Gasteiger partial charge is 0.303 e. The van der Waals surface area contributed by atoms with Crippen LogP contribution in [0, 0.1) is 18.8 Å². The molecule has 0 heterocycles. The lowest BCUT2D eigenvalue weighted by Gasteiger charge is -2.25. The van der Waals surface area contributed by atoms with Gasteiger partial charge >= 0.3 is 5.97 Å². The minimum atomic E-state index is -0.755. The number of unbranched alkanes of at least 4 members (excludes halogenated alkanes) is 3. The first-order chi connectivity index (χ1) is 14.8. The Morgan fingerprint density at radius 2 is 1.58 bits per heavy atom. The average molecular weight is 429 g/mol. The first-order valence-corrected chi connectivity index (χ1v) is 11.6. The zero-order valence-corrected chi connectivity index (χ0v) is 18.4. The predicted molar refractivity (Wildman–Crippen MR) is 122 cm³/mol. The Labute approximate surface area is 184 Å². The highest BCUT2D eigenvalue weighted by Gasteiger charge is 2.40. The van der Waals surface area contributed by atoms with Gasteiger partial charge in [0, 0.05) is 6.42 Å². The van der Waals surface area contributed by atoms with Crippen LogP contribution in [0.1, 0.15) is 75.0 Å². The van der Waals surface area contributed by atoms with Crippen LogP contribution in [0.2, 0.25) is 0 Å². The van der Waals surface area contributed by atoms with Gasteiger partial charge in [0.15, 0.2) is 0 Å². The summed E-state index contributed by atoms with van der Waals surface area (Å²) in [7, 11) is 0. The quantitative estimate of drug-likeness (QED) is 0.387. The van der Waals surface area contributed by atoms with Gasteiger partial charge in [-0.1, -0.05) is 55.2 Å². The van der Waals surface area contributed by atoms with E-state index in [4.69, 9.17) is 5.11 Å². The van der Waals surface area contributed by atoms with Gasteiger partial charge in [0.2, 0.25) is 0 Å². The molecule has 1 unspecified atom stereocenters. The maximum absolute atomic E-state index is 10.8. The lowest BCUT2D eigenvalue weighted by Crippen LogP contribution is -2.23. The summed E-state index contributed by atoms with van der Waals surface area (Å²) >= 11 is 0. The number of aliphatic hydroxyl groups is 3. The Kier molecular flexibility index (Phi) is 8.47. The molecule has 0 spiro atoms. The van der Waals surface area contributed by atoms with Crippen LogP contribution in [0.5, 0.6) is 0 Å². The molecule has 0 aliphatic heterocycles. The third-order valence-corrected chi connectivity index (χ3v) is 6.88. The highest BCUT2D eigenvalue weighted by Crippen LogP contribution is 2.40. The number of aliphatic carboxylic acids is 1. The van der Waals surface area contributed by atoms with Crippen molar-refractivity contribution >= 4 is 16.7 Å². The maximum Gasteiger partial charge on any atom is 0.303 e. The zero-order chi connectivity index (χ0) is 22.4. The van der Waals surface area contributed by atoms with Crippen LogP contribution in [0.4, 0.5) is 0 Å². The highest BCUT2D eigenvalue weighted by atomic mass is 16.4. The summed E-state index contributed by atoms with van der Waals surface area (Å²) in [5, 5.41) is 42.6. The molecule has 0 saturated heterocycles. The Balaban J connectivity index is 1.52. The van der Waals surface area contributed by atoms with E-state index in [0.717, 1.165) is 42.0 Å². The molecule has 5 atom stereocenters. The minimum absolute atomic E-state index is 0.00762. The average Bonchev–Trinajstić information content (AvgIpc) is 3.00. The first kappa shape index (κ1) is 23.7. The Morgan fingerprint density at radius 1 is 0.935 bits per heavy atom. The molecule has 170 valence electrons. The molecule has 0 radical (unpaired) electrons. The first-order valence-electron chi connectivity index (χ1n) is 11.6. The van der Waals surface area contributed by atoms with Gasteiger partial charge in [0.05, 0.1) is 18.3 Å². The molecular weight excluding hydrogens is 392 g/mol. The SMILES string of the molecule is Cc1ccc2cc(C(O)CC[C@@H]3[C@@H](CCCCCCC(=O)O)[C@@H](O)C[C@H]3O)ccc2c1. The molecule has 0 aromatic heterocycles. The number of rotatable bonds is 11. The molecular formula is C26H36O5. The largest absolute Gasteiger partial charge is 0.481 e. The number of benzene rings is 2. The highest BCUT2D eigenvalue weighted by molar-refractivity contribution is 5.83. The van der Waals surface area contributed by atoms with E-state index in [1.54, 1.807) is 0 Å². The molecule has 5 nitrogen and oxygen atoms in total. The number of aliphatic hydroxyl groups excluding tert-OH is 3. The Bertz CT molecular complexity index is 864. The van der Waals surface area contributed by atoms with Crippen molar-refractivity contribution in [1.82, 2.24) is 0 Å². The fraction of sp³-hybridized carbons (Fsp3) is 0.577. The number of carbonyl (C=O) groups is 1. The molecule has 4 N–H and O–H groups in total.